The number of rotatable bonds is 7. The first-order valence-electron chi connectivity index (χ1n) is 12.8. The zero-order valence-corrected chi connectivity index (χ0v) is 24.2. The Hall–Kier alpha value is -4.95. The highest BCUT2D eigenvalue weighted by Gasteiger charge is 2.30. The number of benzene rings is 3. The first kappa shape index (κ1) is 30.5. The molecule has 0 saturated heterocycles. The largest absolute Gasteiger partial charge is 0.484 e. The zero-order chi connectivity index (χ0) is 31.3. The van der Waals surface area contributed by atoms with Crippen LogP contribution in [0.15, 0.2) is 97.8 Å². The van der Waals surface area contributed by atoms with Gasteiger partial charge in [0.2, 0.25) is 0 Å². The first-order valence-corrected chi connectivity index (χ1v) is 14.0. The Morgan fingerprint density at radius 2 is 1.75 bits per heavy atom. The monoisotopic (exact) mass is 643 g/mol. The van der Waals surface area contributed by atoms with Gasteiger partial charge >= 0.3 is 17.7 Å². The molecule has 0 aliphatic heterocycles. The molecule has 0 aliphatic rings. The summed E-state index contributed by atoms with van der Waals surface area (Å²) >= 11 is 7.82. The highest BCUT2D eigenvalue weighted by atomic mass is 35.5. The van der Waals surface area contributed by atoms with E-state index in [0.29, 0.717) is 39.0 Å². The minimum Gasteiger partial charge on any atom is -0.484 e. The molecule has 0 aliphatic carbocycles. The van der Waals surface area contributed by atoms with Gasteiger partial charge in [0.25, 0.3) is 0 Å². The van der Waals surface area contributed by atoms with E-state index in [2.05, 4.69) is 34.3 Å². The van der Waals surface area contributed by atoms with Crippen molar-refractivity contribution in [1.82, 2.24) is 25.3 Å². The van der Waals surface area contributed by atoms with Gasteiger partial charge in [0.15, 0.2) is 5.82 Å². The quantitative estimate of drug-likeness (QED) is 0.192. The van der Waals surface area contributed by atoms with Gasteiger partial charge in [0.1, 0.15) is 23.2 Å². The number of hydrogen-bond donors (Lipinski definition) is 2. The molecule has 3 aromatic carbocycles. The molecule has 0 bridgehead atoms. The van der Waals surface area contributed by atoms with E-state index in [-0.39, 0.29) is 5.82 Å². The molecule has 0 spiro atoms. The highest BCUT2D eigenvalue weighted by molar-refractivity contribution is 7.15. The molecule has 6 rings (SSSR count). The maximum absolute atomic E-state index is 13.0. The molecule has 0 radical (unpaired) electrons. The van der Waals surface area contributed by atoms with E-state index < -0.39 is 29.4 Å². The molecule has 0 fully saturated rings. The van der Waals surface area contributed by atoms with E-state index in [9.17, 15) is 22.8 Å². The lowest BCUT2D eigenvalue weighted by Gasteiger charge is -2.19. The van der Waals surface area contributed by atoms with E-state index in [1.54, 1.807) is 18.2 Å². The Kier molecular flexibility index (Phi) is 9.11. The summed E-state index contributed by atoms with van der Waals surface area (Å²) in [5.41, 5.74) is 2.10. The van der Waals surface area contributed by atoms with Crippen molar-refractivity contribution in [1.29, 1.82) is 0 Å². The van der Waals surface area contributed by atoms with E-state index in [4.69, 9.17) is 16.3 Å². The molecule has 226 valence electrons. The van der Waals surface area contributed by atoms with Crippen LogP contribution in [0, 0.1) is 6.92 Å². The van der Waals surface area contributed by atoms with Crippen LogP contribution in [0.3, 0.4) is 0 Å². The third-order valence-electron chi connectivity index (χ3n) is 6.13. The predicted molar refractivity (Wildman–Crippen MR) is 155 cm³/mol. The van der Waals surface area contributed by atoms with Gasteiger partial charge in [-0.05, 0) is 42.8 Å². The van der Waals surface area contributed by atoms with Gasteiger partial charge in [-0.1, -0.05) is 64.4 Å². The van der Waals surface area contributed by atoms with Crippen LogP contribution < -0.4 is 16.2 Å². The summed E-state index contributed by atoms with van der Waals surface area (Å²) in [6.07, 6.45) is -3.15. The van der Waals surface area contributed by atoms with Crippen LogP contribution in [0.5, 0.6) is 5.75 Å². The molecule has 15 heteroatoms. The van der Waals surface area contributed by atoms with Gasteiger partial charge in [-0.2, -0.15) is 13.2 Å². The van der Waals surface area contributed by atoms with Gasteiger partial charge in [-0.25, -0.2) is 14.6 Å². The second kappa shape index (κ2) is 13.1. The van der Waals surface area contributed by atoms with Crippen molar-refractivity contribution in [2.45, 2.75) is 25.6 Å². The average molecular weight is 644 g/mol. The zero-order valence-electron chi connectivity index (χ0n) is 22.6. The first-order chi connectivity index (χ1) is 21.1. The summed E-state index contributed by atoms with van der Waals surface area (Å²) < 4.78 is 53.9. The fraction of sp³-hybridized carbons (Fsp3) is 0.138. The number of ether oxygens (including phenoxy) is 1. The Morgan fingerprint density at radius 1 is 1.00 bits per heavy atom. The lowest BCUT2D eigenvalue weighted by molar-refractivity contribution is -0.137. The topological polar surface area (TPSA) is 140 Å². The number of hydrogen-bond acceptors (Lipinski definition) is 9. The van der Waals surface area contributed by atoms with Crippen molar-refractivity contribution in [3.05, 3.63) is 127 Å². The molecule has 0 amide bonds. The molecular formula is C29H21ClF3N5O5S. The molecule has 1 atom stereocenters. The maximum Gasteiger partial charge on any atom is 0.439 e. The third-order valence-corrected chi connectivity index (χ3v) is 7.74. The van der Waals surface area contributed by atoms with E-state index in [0.717, 1.165) is 22.6 Å². The number of aryl methyl sites for hydroxylation is 1. The summed E-state index contributed by atoms with van der Waals surface area (Å²) in [5.74, 6) is -0.528. The molecule has 2 N–H and O–H groups in total. The molecule has 1 unspecified atom stereocenters. The van der Waals surface area contributed by atoms with E-state index in [1.165, 1.54) is 29.8 Å². The SMILES string of the molecule is Cc1nc(-c2ccc(C(F)(F)F)cc2)sc1C(Cc1ccccc1)Oc1ccc(-c2noc(=O)[nH]2)c(Cl)c1.O=c1[nH]cno1. The maximum atomic E-state index is 13.0. The van der Waals surface area contributed by atoms with Crippen LogP contribution in [0.2, 0.25) is 5.02 Å². The van der Waals surface area contributed by atoms with Gasteiger partial charge in [-0.15, -0.1) is 11.3 Å². The second-order valence-electron chi connectivity index (χ2n) is 9.18. The van der Waals surface area contributed by atoms with Crippen molar-refractivity contribution < 1.29 is 27.0 Å². The normalized spacial score (nSPS) is 11.9. The molecule has 44 heavy (non-hydrogen) atoms. The number of alkyl halides is 3. The fourth-order valence-corrected chi connectivity index (χ4v) is 5.46. The van der Waals surface area contributed by atoms with Crippen molar-refractivity contribution in [2.24, 2.45) is 0 Å². The standard InChI is InChI=1S/C27H19ClF3N3O3S.C2H2N2O2/c1-15-23(38-25(32-15)17-7-9-18(10-8-17)27(29,30)31)22(13-16-5-3-2-4-6-16)36-19-11-12-20(21(28)14-19)24-33-26(35)37-34-24;5-2-3-1-4-6-2/h2-12,14,22H,13H2,1H3,(H,33,34,35);1H,(H,3,4,5). The van der Waals surface area contributed by atoms with Gasteiger partial charge in [-0.3, -0.25) is 19.0 Å². The number of thiazole rings is 1. The fourth-order valence-electron chi connectivity index (χ4n) is 4.10. The lowest BCUT2D eigenvalue weighted by atomic mass is 10.1. The van der Waals surface area contributed by atoms with Crippen LogP contribution in [-0.4, -0.2) is 25.3 Å². The molecule has 3 heterocycles. The van der Waals surface area contributed by atoms with E-state index in [1.807, 2.05) is 37.3 Å². The minimum absolute atomic E-state index is 0.201. The second-order valence-corrected chi connectivity index (χ2v) is 10.6. The molecular weight excluding hydrogens is 623 g/mol. The number of nitrogens with zero attached hydrogens (tertiary/aromatic N) is 3. The number of halogens is 4. The van der Waals surface area contributed by atoms with Crippen molar-refractivity contribution >= 4 is 22.9 Å². The number of H-pyrrole nitrogens is 2. The Balaban J connectivity index is 0.000000573. The Morgan fingerprint density at radius 3 is 2.32 bits per heavy atom. The van der Waals surface area contributed by atoms with Crippen molar-refractivity contribution in [3.8, 4) is 27.7 Å². The van der Waals surface area contributed by atoms with Gasteiger partial charge in [0, 0.05) is 17.5 Å². The van der Waals surface area contributed by atoms with E-state index >= 15 is 0 Å². The molecule has 0 saturated carbocycles. The smallest absolute Gasteiger partial charge is 0.439 e. The van der Waals surface area contributed by atoms with Crippen LogP contribution in [0.25, 0.3) is 22.0 Å². The summed E-state index contributed by atoms with van der Waals surface area (Å²) in [7, 11) is 0. The Labute approximate surface area is 255 Å². The van der Waals surface area contributed by atoms with Crippen molar-refractivity contribution in [3.63, 3.8) is 0 Å². The predicted octanol–water partition coefficient (Wildman–Crippen LogP) is 6.86. The van der Waals surface area contributed by atoms with Crippen LogP contribution in [-0.2, 0) is 12.6 Å². The lowest BCUT2D eigenvalue weighted by Crippen LogP contribution is -2.11. The molecule has 3 aromatic heterocycles. The average Bonchev–Trinajstić information content (AvgIpc) is 3.75. The summed E-state index contributed by atoms with van der Waals surface area (Å²) in [5, 5.41) is 7.64. The molecule has 6 aromatic rings. The number of aromatic amines is 2. The van der Waals surface area contributed by atoms with Gasteiger partial charge < -0.3 is 4.74 Å². The Bertz CT molecular complexity index is 1930. The minimum atomic E-state index is -4.41. The molecule has 10 nitrogen and oxygen atoms in total. The van der Waals surface area contributed by atoms with Crippen LogP contribution >= 0.6 is 22.9 Å². The third kappa shape index (κ3) is 7.51. The summed E-state index contributed by atoms with van der Waals surface area (Å²) in [6, 6.07) is 19.7. The number of nitrogens with one attached hydrogen (secondary N) is 2. The number of aromatic nitrogens is 5. The van der Waals surface area contributed by atoms with Crippen molar-refractivity contribution in [2.75, 3.05) is 0 Å². The highest BCUT2D eigenvalue weighted by Crippen LogP contribution is 2.38. The van der Waals surface area contributed by atoms with Gasteiger partial charge in [0.05, 0.1) is 21.2 Å². The summed E-state index contributed by atoms with van der Waals surface area (Å²) in [6.45, 7) is 1.85. The van der Waals surface area contributed by atoms with Crippen LogP contribution in [0.4, 0.5) is 13.2 Å². The van der Waals surface area contributed by atoms with Crippen LogP contribution in [0.1, 0.15) is 27.8 Å². The summed E-state index contributed by atoms with van der Waals surface area (Å²) in [4.78, 5) is 31.2.